The second-order valence-electron chi connectivity index (χ2n) is 5.79. The second kappa shape index (κ2) is 9.81. The number of hydrogen-bond donors (Lipinski definition) is 2. The SMILES string of the molecule is CN=C(NCC(=O)N(C)CC(F)(F)F)NCc1oc2ccccc2c1C.I. The van der Waals surface area contributed by atoms with Gasteiger partial charge in [-0.1, -0.05) is 18.2 Å². The molecular weight excluding hydrogens is 476 g/mol. The van der Waals surface area contributed by atoms with Crippen molar-refractivity contribution in [2.75, 3.05) is 27.2 Å². The van der Waals surface area contributed by atoms with Crippen molar-refractivity contribution in [1.29, 1.82) is 0 Å². The largest absolute Gasteiger partial charge is 0.459 e. The van der Waals surface area contributed by atoms with Gasteiger partial charge in [-0.3, -0.25) is 9.79 Å². The minimum absolute atomic E-state index is 0. The highest BCUT2D eigenvalue weighted by Gasteiger charge is 2.31. The maximum Gasteiger partial charge on any atom is 0.406 e. The zero-order valence-electron chi connectivity index (χ0n) is 15.2. The zero-order chi connectivity index (χ0) is 19.3. The number of rotatable bonds is 5. The molecule has 10 heteroatoms. The van der Waals surface area contributed by atoms with Gasteiger partial charge >= 0.3 is 6.18 Å². The topological polar surface area (TPSA) is 69.9 Å². The highest BCUT2D eigenvalue weighted by molar-refractivity contribution is 14.0. The number of furan rings is 1. The highest BCUT2D eigenvalue weighted by atomic mass is 127. The predicted molar refractivity (Wildman–Crippen MR) is 108 cm³/mol. The van der Waals surface area contributed by atoms with Crippen LogP contribution in [0.15, 0.2) is 33.7 Å². The number of fused-ring (bicyclic) bond motifs is 1. The van der Waals surface area contributed by atoms with Gasteiger partial charge in [0, 0.05) is 25.0 Å². The van der Waals surface area contributed by atoms with E-state index >= 15 is 0 Å². The lowest BCUT2D eigenvalue weighted by Crippen LogP contribution is -2.45. The number of para-hydroxylation sites is 1. The lowest BCUT2D eigenvalue weighted by molar-refractivity contribution is -0.157. The predicted octanol–water partition coefficient (Wildman–Crippen LogP) is 3.04. The zero-order valence-corrected chi connectivity index (χ0v) is 17.5. The van der Waals surface area contributed by atoms with Crippen LogP contribution in [0, 0.1) is 6.92 Å². The van der Waals surface area contributed by atoms with Crippen molar-refractivity contribution in [3.8, 4) is 0 Å². The van der Waals surface area contributed by atoms with Gasteiger partial charge in [-0.2, -0.15) is 13.2 Å². The van der Waals surface area contributed by atoms with Crippen molar-refractivity contribution in [1.82, 2.24) is 15.5 Å². The Morgan fingerprint density at radius 2 is 1.93 bits per heavy atom. The van der Waals surface area contributed by atoms with Crippen LogP contribution < -0.4 is 10.6 Å². The van der Waals surface area contributed by atoms with E-state index in [9.17, 15) is 18.0 Å². The van der Waals surface area contributed by atoms with Gasteiger partial charge in [0.1, 0.15) is 17.9 Å². The number of likely N-dealkylation sites (N-methyl/N-ethyl adjacent to an activating group) is 1. The Morgan fingerprint density at radius 1 is 1.26 bits per heavy atom. The maximum absolute atomic E-state index is 12.3. The van der Waals surface area contributed by atoms with E-state index in [0.29, 0.717) is 17.4 Å². The third-order valence-corrected chi connectivity index (χ3v) is 3.83. The molecule has 0 spiro atoms. The molecule has 0 aliphatic carbocycles. The van der Waals surface area contributed by atoms with E-state index in [1.807, 2.05) is 31.2 Å². The number of halogens is 4. The summed E-state index contributed by atoms with van der Waals surface area (Å²) in [5, 5.41) is 6.69. The third kappa shape index (κ3) is 6.60. The fourth-order valence-electron chi connectivity index (χ4n) is 2.43. The van der Waals surface area contributed by atoms with E-state index in [1.54, 1.807) is 0 Å². The van der Waals surface area contributed by atoms with E-state index < -0.39 is 18.6 Å². The van der Waals surface area contributed by atoms with Crippen molar-refractivity contribution in [3.63, 3.8) is 0 Å². The average molecular weight is 498 g/mol. The molecule has 0 saturated carbocycles. The summed E-state index contributed by atoms with van der Waals surface area (Å²) >= 11 is 0. The van der Waals surface area contributed by atoms with Gasteiger partial charge in [-0.05, 0) is 13.0 Å². The van der Waals surface area contributed by atoms with Crippen molar-refractivity contribution < 1.29 is 22.4 Å². The van der Waals surface area contributed by atoms with E-state index in [-0.39, 0.29) is 30.5 Å². The summed E-state index contributed by atoms with van der Waals surface area (Å²) in [6, 6.07) is 7.63. The van der Waals surface area contributed by atoms with Gasteiger partial charge < -0.3 is 20.0 Å². The number of nitrogens with one attached hydrogen (secondary N) is 2. The van der Waals surface area contributed by atoms with Crippen LogP contribution in [-0.2, 0) is 11.3 Å². The minimum Gasteiger partial charge on any atom is -0.459 e. The molecule has 0 atom stereocenters. The molecule has 0 unspecified atom stereocenters. The lowest BCUT2D eigenvalue weighted by atomic mass is 10.1. The van der Waals surface area contributed by atoms with Crippen LogP contribution in [0.4, 0.5) is 13.2 Å². The first-order valence-electron chi connectivity index (χ1n) is 7.93. The quantitative estimate of drug-likeness (QED) is 0.378. The van der Waals surface area contributed by atoms with Crippen LogP contribution >= 0.6 is 24.0 Å². The smallest absolute Gasteiger partial charge is 0.406 e. The molecule has 0 aliphatic rings. The number of alkyl halides is 3. The molecule has 1 amide bonds. The molecule has 27 heavy (non-hydrogen) atoms. The number of amides is 1. The van der Waals surface area contributed by atoms with Gasteiger partial charge in [0.2, 0.25) is 5.91 Å². The molecule has 1 aromatic heterocycles. The molecule has 0 saturated heterocycles. The highest BCUT2D eigenvalue weighted by Crippen LogP contribution is 2.24. The van der Waals surface area contributed by atoms with Crippen molar-refractivity contribution >= 4 is 46.8 Å². The Labute approximate surface area is 172 Å². The number of hydrogen-bond acceptors (Lipinski definition) is 3. The minimum atomic E-state index is -4.43. The Bertz CT molecular complexity index is 805. The monoisotopic (exact) mass is 498 g/mol. The van der Waals surface area contributed by atoms with E-state index in [4.69, 9.17) is 4.42 Å². The molecule has 1 heterocycles. The first-order chi connectivity index (χ1) is 12.2. The Balaban J connectivity index is 0.00000364. The summed E-state index contributed by atoms with van der Waals surface area (Å²) in [6.07, 6.45) is -4.43. The Kier molecular flexibility index (Phi) is 8.38. The van der Waals surface area contributed by atoms with Crippen molar-refractivity contribution in [2.45, 2.75) is 19.6 Å². The molecule has 2 rings (SSSR count). The van der Waals surface area contributed by atoms with Crippen LogP contribution in [0.25, 0.3) is 11.0 Å². The summed E-state index contributed by atoms with van der Waals surface area (Å²) in [6.45, 7) is 0.671. The molecular formula is C17H22F3IN4O2. The van der Waals surface area contributed by atoms with Crippen molar-refractivity contribution in [2.24, 2.45) is 4.99 Å². The van der Waals surface area contributed by atoms with E-state index in [2.05, 4.69) is 15.6 Å². The summed E-state index contributed by atoms with van der Waals surface area (Å²) in [5.74, 6) is 0.318. The Morgan fingerprint density at radius 3 is 2.52 bits per heavy atom. The summed E-state index contributed by atoms with van der Waals surface area (Å²) in [7, 11) is 2.61. The average Bonchev–Trinajstić information content (AvgIpc) is 2.90. The molecule has 150 valence electrons. The number of benzene rings is 1. The summed E-state index contributed by atoms with van der Waals surface area (Å²) in [4.78, 5) is 16.3. The lowest BCUT2D eigenvalue weighted by Gasteiger charge is -2.19. The molecule has 6 nitrogen and oxygen atoms in total. The van der Waals surface area contributed by atoms with E-state index in [1.165, 1.54) is 7.05 Å². The fourth-order valence-corrected chi connectivity index (χ4v) is 2.43. The van der Waals surface area contributed by atoms with Crippen LogP contribution in [-0.4, -0.2) is 50.1 Å². The molecule has 1 aromatic carbocycles. The number of carbonyl (C=O) groups excluding carboxylic acids is 1. The molecule has 2 aromatic rings. The first-order valence-corrected chi connectivity index (χ1v) is 7.93. The van der Waals surface area contributed by atoms with Crippen LogP contribution in [0.3, 0.4) is 0 Å². The molecule has 0 fully saturated rings. The Hall–Kier alpha value is -1.98. The fraction of sp³-hybridized carbons (Fsp3) is 0.412. The number of nitrogens with zero attached hydrogens (tertiary/aromatic N) is 2. The summed E-state index contributed by atoms with van der Waals surface area (Å²) < 4.78 is 42.7. The number of aliphatic imine (C=N–C) groups is 1. The normalized spacial score (nSPS) is 11.9. The van der Waals surface area contributed by atoms with Gasteiger partial charge in [-0.25, -0.2) is 0 Å². The van der Waals surface area contributed by atoms with Crippen molar-refractivity contribution in [3.05, 3.63) is 35.6 Å². The number of guanidine groups is 1. The molecule has 0 aliphatic heterocycles. The van der Waals surface area contributed by atoms with Crippen LogP contribution in [0.2, 0.25) is 0 Å². The molecule has 2 N–H and O–H groups in total. The number of aryl methyl sites for hydroxylation is 1. The summed E-state index contributed by atoms with van der Waals surface area (Å²) in [5.41, 5.74) is 1.76. The van der Waals surface area contributed by atoms with Gasteiger partial charge in [0.05, 0.1) is 13.1 Å². The molecule has 0 radical (unpaired) electrons. The van der Waals surface area contributed by atoms with Crippen LogP contribution in [0.5, 0.6) is 0 Å². The number of carbonyl (C=O) groups is 1. The van der Waals surface area contributed by atoms with Crippen LogP contribution in [0.1, 0.15) is 11.3 Å². The molecule has 0 bridgehead atoms. The standard InChI is InChI=1S/C17H21F3N4O2.HI/c1-11-12-6-4-5-7-13(12)26-14(11)8-22-16(21-2)23-9-15(25)24(3)10-17(18,19)20;/h4-7H,8-10H2,1-3H3,(H2,21,22,23);1H. The van der Waals surface area contributed by atoms with Gasteiger partial charge in [-0.15, -0.1) is 24.0 Å². The second-order valence-corrected chi connectivity index (χ2v) is 5.79. The van der Waals surface area contributed by atoms with E-state index in [0.717, 1.165) is 29.3 Å². The van der Waals surface area contributed by atoms with Gasteiger partial charge in [0.15, 0.2) is 5.96 Å². The maximum atomic E-state index is 12.3. The van der Waals surface area contributed by atoms with Gasteiger partial charge in [0.25, 0.3) is 0 Å². The third-order valence-electron chi connectivity index (χ3n) is 3.83. The first kappa shape index (κ1) is 23.1.